The number of rotatable bonds is 11. The number of hydrogen-bond donors (Lipinski definition) is 1. The zero-order valence-corrected chi connectivity index (χ0v) is 13.7. The van der Waals surface area contributed by atoms with Gasteiger partial charge in [-0.1, -0.05) is 31.5 Å². The molecule has 1 atom stereocenters. The predicted octanol–water partition coefficient (Wildman–Crippen LogP) is 4.94. The minimum atomic E-state index is -0.677. The van der Waals surface area contributed by atoms with Crippen LogP contribution in [0.3, 0.4) is 0 Å². The molecule has 1 aromatic carbocycles. The molecule has 0 aliphatic rings. The Morgan fingerprint density at radius 2 is 1.95 bits per heavy atom. The van der Waals surface area contributed by atoms with Crippen molar-refractivity contribution in [2.75, 3.05) is 11.5 Å². The maximum atomic E-state index is 10.5. The minimum absolute atomic E-state index is 0.308. The molecule has 0 saturated carbocycles. The van der Waals surface area contributed by atoms with E-state index in [1.54, 1.807) is 0 Å². The highest BCUT2D eigenvalue weighted by atomic mass is 32.2. The van der Waals surface area contributed by atoms with Gasteiger partial charge in [-0.3, -0.25) is 4.79 Å². The van der Waals surface area contributed by atoms with Crippen molar-refractivity contribution in [3.8, 4) is 0 Å². The maximum absolute atomic E-state index is 10.5. The summed E-state index contributed by atoms with van der Waals surface area (Å²) in [6.45, 7) is 2.19. The van der Waals surface area contributed by atoms with E-state index < -0.39 is 5.97 Å². The lowest BCUT2D eigenvalue weighted by Gasteiger charge is -2.15. The Kier molecular flexibility index (Phi) is 9.67. The zero-order chi connectivity index (χ0) is 14.6. The average molecular weight is 312 g/mol. The zero-order valence-electron chi connectivity index (χ0n) is 12.1. The molecule has 0 aliphatic heterocycles. The summed E-state index contributed by atoms with van der Waals surface area (Å²) in [7, 11) is 0. The fourth-order valence-electron chi connectivity index (χ4n) is 2.02. The van der Waals surface area contributed by atoms with Crippen molar-refractivity contribution in [1.82, 2.24) is 0 Å². The van der Waals surface area contributed by atoms with Crippen LogP contribution in [0.2, 0.25) is 0 Å². The summed E-state index contributed by atoms with van der Waals surface area (Å²) in [5.41, 5.74) is 0. The van der Waals surface area contributed by atoms with Crippen molar-refractivity contribution in [1.29, 1.82) is 0 Å². The topological polar surface area (TPSA) is 37.3 Å². The molecular formula is C16H24O2S2. The van der Waals surface area contributed by atoms with Crippen LogP contribution in [-0.4, -0.2) is 27.8 Å². The Balaban J connectivity index is 2.19. The number of benzene rings is 1. The van der Waals surface area contributed by atoms with Crippen LogP contribution in [0.4, 0.5) is 0 Å². The van der Waals surface area contributed by atoms with Crippen molar-refractivity contribution in [3.63, 3.8) is 0 Å². The highest BCUT2D eigenvalue weighted by Gasteiger charge is 2.09. The van der Waals surface area contributed by atoms with Crippen LogP contribution in [0.25, 0.3) is 0 Å². The summed E-state index contributed by atoms with van der Waals surface area (Å²) in [6, 6.07) is 10.5. The third kappa shape index (κ3) is 8.54. The Labute approximate surface area is 130 Å². The minimum Gasteiger partial charge on any atom is -0.481 e. The first-order valence-corrected chi connectivity index (χ1v) is 9.27. The molecule has 0 aliphatic carbocycles. The Morgan fingerprint density at radius 1 is 1.20 bits per heavy atom. The van der Waals surface area contributed by atoms with Crippen molar-refractivity contribution in [2.24, 2.45) is 0 Å². The van der Waals surface area contributed by atoms with Gasteiger partial charge >= 0.3 is 5.97 Å². The van der Waals surface area contributed by atoms with E-state index in [1.807, 2.05) is 29.6 Å². The van der Waals surface area contributed by atoms with Gasteiger partial charge in [0.2, 0.25) is 0 Å². The number of carboxylic acid groups (broad SMARTS) is 1. The van der Waals surface area contributed by atoms with Crippen LogP contribution in [0.1, 0.15) is 39.0 Å². The third-order valence-electron chi connectivity index (χ3n) is 3.02. The normalized spacial score (nSPS) is 12.2. The SMILES string of the molecule is CCSC(CCCCC(=O)O)CCSc1ccccc1. The second-order valence-corrected chi connectivity index (χ2v) is 7.41. The van der Waals surface area contributed by atoms with Gasteiger partial charge in [0.25, 0.3) is 0 Å². The van der Waals surface area contributed by atoms with Gasteiger partial charge in [0.15, 0.2) is 0 Å². The molecule has 0 aromatic heterocycles. The summed E-state index contributed by atoms with van der Waals surface area (Å²) in [5.74, 6) is 1.60. The van der Waals surface area contributed by atoms with Gasteiger partial charge in [-0.25, -0.2) is 0 Å². The van der Waals surface area contributed by atoms with Crippen molar-refractivity contribution in [2.45, 2.75) is 49.2 Å². The van der Waals surface area contributed by atoms with Crippen molar-refractivity contribution >= 4 is 29.5 Å². The van der Waals surface area contributed by atoms with Crippen LogP contribution in [0.15, 0.2) is 35.2 Å². The van der Waals surface area contributed by atoms with Crippen LogP contribution in [0.5, 0.6) is 0 Å². The van der Waals surface area contributed by atoms with Crippen LogP contribution >= 0.6 is 23.5 Å². The van der Waals surface area contributed by atoms with Gasteiger partial charge in [0, 0.05) is 16.6 Å². The largest absolute Gasteiger partial charge is 0.481 e. The second kappa shape index (κ2) is 11.1. The number of unbranched alkanes of at least 4 members (excludes halogenated alkanes) is 1. The molecular weight excluding hydrogens is 288 g/mol. The Hall–Kier alpha value is -0.610. The summed E-state index contributed by atoms with van der Waals surface area (Å²) in [4.78, 5) is 11.8. The van der Waals surface area contributed by atoms with E-state index in [0.717, 1.165) is 30.8 Å². The number of hydrogen-bond acceptors (Lipinski definition) is 3. The predicted molar refractivity (Wildman–Crippen MR) is 89.8 cm³/mol. The summed E-state index contributed by atoms with van der Waals surface area (Å²) < 4.78 is 0. The van der Waals surface area contributed by atoms with Gasteiger partial charge < -0.3 is 5.11 Å². The molecule has 112 valence electrons. The fourth-order valence-corrected chi connectivity index (χ4v) is 4.25. The molecule has 20 heavy (non-hydrogen) atoms. The lowest BCUT2D eigenvalue weighted by Crippen LogP contribution is -2.05. The molecule has 2 nitrogen and oxygen atoms in total. The van der Waals surface area contributed by atoms with E-state index in [4.69, 9.17) is 5.11 Å². The Bertz CT molecular complexity index is 368. The maximum Gasteiger partial charge on any atom is 0.303 e. The van der Waals surface area contributed by atoms with E-state index in [0.29, 0.717) is 11.7 Å². The molecule has 0 radical (unpaired) electrons. The number of aliphatic carboxylic acids is 1. The van der Waals surface area contributed by atoms with Crippen LogP contribution in [0, 0.1) is 0 Å². The van der Waals surface area contributed by atoms with Gasteiger partial charge in [-0.2, -0.15) is 11.8 Å². The Morgan fingerprint density at radius 3 is 2.60 bits per heavy atom. The molecule has 1 rings (SSSR count). The van der Waals surface area contributed by atoms with E-state index >= 15 is 0 Å². The highest BCUT2D eigenvalue weighted by molar-refractivity contribution is 8.00. The molecule has 0 fully saturated rings. The number of carboxylic acids is 1. The molecule has 1 aromatic rings. The summed E-state index contributed by atoms with van der Waals surface area (Å²) in [6.07, 6.45) is 4.48. The molecule has 0 spiro atoms. The molecule has 4 heteroatoms. The van der Waals surface area contributed by atoms with Crippen LogP contribution in [-0.2, 0) is 4.79 Å². The molecule has 0 amide bonds. The summed E-state index contributed by atoms with van der Waals surface area (Å²) in [5, 5.41) is 9.31. The smallest absolute Gasteiger partial charge is 0.303 e. The van der Waals surface area contributed by atoms with E-state index in [1.165, 1.54) is 11.3 Å². The molecule has 1 unspecified atom stereocenters. The summed E-state index contributed by atoms with van der Waals surface area (Å²) >= 11 is 3.92. The first-order valence-electron chi connectivity index (χ1n) is 7.23. The van der Waals surface area contributed by atoms with E-state index in [-0.39, 0.29) is 0 Å². The number of thioether (sulfide) groups is 2. The molecule has 0 saturated heterocycles. The van der Waals surface area contributed by atoms with Gasteiger partial charge in [-0.05, 0) is 42.9 Å². The standard InChI is InChI=1S/C16H24O2S2/c1-2-19-15(10-6-7-11-16(17)18)12-13-20-14-8-4-3-5-9-14/h3-5,8-9,15H,2,6-7,10-13H2,1H3,(H,17,18). The second-order valence-electron chi connectivity index (χ2n) is 4.67. The van der Waals surface area contributed by atoms with Gasteiger partial charge in [0.1, 0.15) is 0 Å². The third-order valence-corrected chi connectivity index (χ3v) is 5.34. The van der Waals surface area contributed by atoms with Gasteiger partial charge in [-0.15, -0.1) is 11.8 Å². The molecule has 0 heterocycles. The fraction of sp³-hybridized carbons (Fsp3) is 0.562. The van der Waals surface area contributed by atoms with Gasteiger partial charge in [0.05, 0.1) is 0 Å². The molecule has 1 N–H and O–H groups in total. The lowest BCUT2D eigenvalue weighted by atomic mass is 10.1. The molecule has 0 bridgehead atoms. The van der Waals surface area contributed by atoms with Crippen molar-refractivity contribution < 1.29 is 9.90 Å². The van der Waals surface area contributed by atoms with E-state index in [2.05, 4.69) is 31.2 Å². The van der Waals surface area contributed by atoms with E-state index in [9.17, 15) is 4.79 Å². The quantitative estimate of drug-likeness (QED) is 0.464. The highest BCUT2D eigenvalue weighted by Crippen LogP contribution is 2.25. The monoisotopic (exact) mass is 312 g/mol. The average Bonchev–Trinajstić information content (AvgIpc) is 2.44. The van der Waals surface area contributed by atoms with Crippen LogP contribution < -0.4 is 0 Å². The first-order chi connectivity index (χ1) is 9.72. The number of carbonyl (C=O) groups is 1. The first kappa shape index (κ1) is 17.4. The van der Waals surface area contributed by atoms with Crippen molar-refractivity contribution in [3.05, 3.63) is 30.3 Å². The lowest BCUT2D eigenvalue weighted by molar-refractivity contribution is -0.137.